The van der Waals surface area contributed by atoms with Gasteiger partial charge in [0.15, 0.2) is 11.6 Å². The molecule has 4 rings (SSSR count). The van der Waals surface area contributed by atoms with Crippen LogP contribution in [-0.2, 0) is 4.79 Å². The number of H-pyrrole nitrogens is 1. The van der Waals surface area contributed by atoms with Gasteiger partial charge in [0.05, 0.1) is 17.3 Å². The first-order valence-electron chi connectivity index (χ1n) is 7.92. The topological polar surface area (TPSA) is 82.9 Å². The third kappa shape index (κ3) is 3.32. The molecule has 3 aromatic rings. The third-order valence-corrected chi connectivity index (χ3v) is 5.08. The van der Waals surface area contributed by atoms with Gasteiger partial charge in [-0.3, -0.25) is 4.79 Å². The first kappa shape index (κ1) is 15.3. The van der Waals surface area contributed by atoms with Crippen LogP contribution in [0.1, 0.15) is 6.42 Å². The van der Waals surface area contributed by atoms with Crippen molar-refractivity contribution in [3.05, 3.63) is 36.6 Å². The Morgan fingerprint density at radius 3 is 3.17 bits per heavy atom. The molecule has 0 aliphatic carbocycles. The van der Waals surface area contributed by atoms with Crippen molar-refractivity contribution in [3.63, 3.8) is 0 Å². The molecule has 1 atom stereocenters. The van der Waals surface area contributed by atoms with Gasteiger partial charge in [-0.2, -0.15) is 11.8 Å². The number of rotatable bonds is 4. The van der Waals surface area contributed by atoms with Gasteiger partial charge in [0.25, 0.3) is 0 Å². The van der Waals surface area contributed by atoms with Crippen LogP contribution in [0.25, 0.3) is 22.6 Å². The summed E-state index contributed by atoms with van der Waals surface area (Å²) in [6, 6.07) is 9.60. The number of carbonyl (C=O) groups is 1. The molecular formula is C17H18N4O2S. The molecule has 1 fully saturated rings. The van der Waals surface area contributed by atoms with Gasteiger partial charge in [-0.1, -0.05) is 0 Å². The van der Waals surface area contributed by atoms with Gasteiger partial charge in [0, 0.05) is 36.2 Å². The van der Waals surface area contributed by atoms with Gasteiger partial charge in [-0.15, -0.1) is 0 Å². The van der Waals surface area contributed by atoms with Crippen molar-refractivity contribution in [1.29, 1.82) is 0 Å². The van der Waals surface area contributed by atoms with Crippen molar-refractivity contribution in [2.24, 2.45) is 0 Å². The van der Waals surface area contributed by atoms with Crippen LogP contribution < -0.4 is 10.6 Å². The number of thioether (sulfide) groups is 1. The van der Waals surface area contributed by atoms with Gasteiger partial charge in [0.2, 0.25) is 5.91 Å². The summed E-state index contributed by atoms with van der Waals surface area (Å²) < 4.78 is 5.36. The molecule has 0 radical (unpaired) electrons. The van der Waals surface area contributed by atoms with E-state index >= 15 is 0 Å². The number of nitrogens with one attached hydrogen (secondary N) is 3. The van der Waals surface area contributed by atoms with Crippen molar-refractivity contribution in [3.8, 4) is 11.6 Å². The highest BCUT2D eigenvalue weighted by atomic mass is 32.2. The van der Waals surface area contributed by atoms with Crippen LogP contribution in [-0.4, -0.2) is 40.0 Å². The molecule has 0 spiro atoms. The minimum Gasteiger partial charge on any atom is -0.461 e. The van der Waals surface area contributed by atoms with E-state index in [4.69, 9.17) is 4.42 Å². The highest BCUT2D eigenvalue weighted by molar-refractivity contribution is 7.99. The molecule has 1 aliphatic heterocycles. The number of furan rings is 1. The molecular weight excluding hydrogens is 324 g/mol. The lowest BCUT2D eigenvalue weighted by atomic mass is 10.2. The predicted octanol–water partition coefficient (Wildman–Crippen LogP) is 2.86. The number of aromatic nitrogens is 2. The zero-order valence-electron chi connectivity index (χ0n) is 13.0. The fourth-order valence-corrected chi connectivity index (χ4v) is 3.75. The zero-order valence-corrected chi connectivity index (χ0v) is 13.9. The molecule has 2 aromatic heterocycles. The molecule has 0 bridgehead atoms. The van der Waals surface area contributed by atoms with Crippen molar-refractivity contribution in [2.45, 2.75) is 12.5 Å². The molecule has 124 valence electrons. The highest BCUT2D eigenvalue weighted by Crippen LogP contribution is 2.23. The third-order valence-electron chi connectivity index (χ3n) is 3.95. The molecule has 1 aliphatic rings. The van der Waals surface area contributed by atoms with Crippen molar-refractivity contribution < 1.29 is 9.21 Å². The number of imidazole rings is 1. The highest BCUT2D eigenvalue weighted by Gasteiger charge is 2.17. The normalized spacial score (nSPS) is 17.9. The molecule has 6 nitrogen and oxygen atoms in total. The van der Waals surface area contributed by atoms with Crippen LogP contribution in [0.15, 0.2) is 41.0 Å². The van der Waals surface area contributed by atoms with E-state index in [0.717, 1.165) is 34.8 Å². The number of anilines is 1. The maximum atomic E-state index is 12.2. The average molecular weight is 342 g/mol. The Morgan fingerprint density at radius 2 is 2.38 bits per heavy atom. The maximum Gasteiger partial charge on any atom is 0.225 e. The van der Waals surface area contributed by atoms with Gasteiger partial charge in [0.1, 0.15) is 0 Å². The van der Waals surface area contributed by atoms with E-state index in [0.29, 0.717) is 18.0 Å². The lowest BCUT2D eigenvalue weighted by Gasteiger charge is -2.22. The van der Waals surface area contributed by atoms with Gasteiger partial charge >= 0.3 is 0 Å². The standard InChI is InChI=1S/C17H18N4O2S/c22-16(9-12-10-24-7-5-18-12)19-11-3-4-13-14(8-11)21-17(20-13)15-2-1-6-23-15/h1-4,6,8,12,18H,5,7,9-10H2,(H,19,22)(H,20,21). The number of hydrogen-bond acceptors (Lipinski definition) is 5. The van der Waals surface area contributed by atoms with E-state index in [2.05, 4.69) is 20.6 Å². The second kappa shape index (κ2) is 6.70. The molecule has 3 N–H and O–H groups in total. The summed E-state index contributed by atoms with van der Waals surface area (Å²) in [4.78, 5) is 19.9. The molecule has 1 unspecified atom stereocenters. The first-order valence-corrected chi connectivity index (χ1v) is 9.08. The van der Waals surface area contributed by atoms with Crippen molar-refractivity contribution >= 4 is 34.4 Å². The fourth-order valence-electron chi connectivity index (χ4n) is 2.80. The van der Waals surface area contributed by atoms with Crippen LogP contribution in [0.2, 0.25) is 0 Å². The number of fused-ring (bicyclic) bond motifs is 1. The summed E-state index contributed by atoms with van der Waals surface area (Å²) in [6.07, 6.45) is 2.11. The van der Waals surface area contributed by atoms with E-state index in [1.807, 2.05) is 42.1 Å². The number of hydrogen-bond donors (Lipinski definition) is 3. The second-order valence-electron chi connectivity index (χ2n) is 5.77. The monoisotopic (exact) mass is 342 g/mol. The number of benzene rings is 1. The fraction of sp³-hybridized carbons (Fsp3) is 0.294. The van der Waals surface area contributed by atoms with Crippen molar-refractivity contribution in [1.82, 2.24) is 15.3 Å². The summed E-state index contributed by atoms with van der Waals surface area (Å²) in [5.41, 5.74) is 2.47. The molecule has 24 heavy (non-hydrogen) atoms. The number of amides is 1. The Kier molecular flexibility index (Phi) is 4.27. The quantitative estimate of drug-likeness (QED) is 0.679. The molecule has 0 saturated carbocycles. The second-order valence-corrected chi connectivity index (χ2v) is 6.92. The maximum absolute atomic E-state index is 12.2. The largest absolute Gasteiger partial charge is 0.461 e. The summed E-state index contributed by atoms with van der Waals surface area (Å²) in [6.45, 7) is 0.971. The van der Waals surface area contributed by atoms with Gasteiger partial charge in [-0.05, 0) is 30.3 Å². The molecule has 3 heterocycles. The molecule has 1 aromatic carbocycles. The number of carbonyl (C=O) groups excluding carboxylic acids is 1. The lowest BCUT2D eigenvalue weighted by molar-refractivity contribution is -0.116. The van der Waals surface area contributed by atoms with Crippen LogP contribution in [0.3, 0.4) is 0 Å². The van der Waals surface area contributed by atoms with Crippen LogP contribution >= 0.6 is 11.8 Å². The predicted molar refractivity (Wildman–Crippen MR) is 96.2 cm³/mol. The number of nitrogens with zero attached hydrogens (tertiary/aromatic N) is 1. The van der Waals surface area contributed by atoms with Gasteiger partial charge < -0.3 is 20.0 Å². The lowest BCUT2D eigenvalue weighted by Crippen LogP contribution is -2.39. The minimum atomic E-state index is 0.0279. The smallest absolute Gasteiger partial charge is 0.225 e. The summed E-state index contributed by atoms with van der Waals surface area (Å²) in [5, 5.41) is 6.34. The van der Waals surface area contributed by atoms with E-state index in [-0.39, 0.29) is 11.9 Å². The Labute approximate surface area is 143 Å². The van der Waals surface area contributed by atoms with Crippen LogP contribution in [0.5, 0.6) is 0 Å². The van der Waals surface area contributed by atoms with E-state index in [9.17, 15) is 4.79 Å². The van der Waals surface area contributed by atoms with E-state index in [1.165, 1.54) is 0 Å². The molecule has 1 amide bonds. The van der Waals surface area contributed by atoms with Crippen LogP contribution in [0.4, 0.5) is 5.69 Å². The SMILES string of the molecule is O=C(CC1CSCCN1)Nc1ccc2nc(-c3ccco3)[nH]c2c1. The van der Waals surface area contributed by atoms with Gasteiger partial charge in [-0.25, -0.2) is 4.98 Å². The van der Waals surface area contributed by atoms with E-state index < -0.39 is 0 Å². The Bertz CT molecular complexity index is 838. The molecule has 7 heteroatoms. The average Bonchev–Trinajstić information content (AvgIpc) is 3.24. The Morgan fingerprint density at radius 1 is 1.42 bits per heavy atom. The summed E-state index contributed by atoms with van der Waals surface area (Å²) in [5.74, 6) is 3.51. The zero-order chi connectivity index (χ0) is 16.4. The molecule has 1 saturated heterocycles. The van der Waals surface area contributed by atoms with E-state index in [1.54, 1.807) is 6.26 Å². The Balaban J connectivity index is 1.47. The summed E-state index contributed by atoms with van der Waals surface area (Å²) in [7, 11) is 0. The minimum absolute atomic E-state index is 0.0279. The first-order chi connectivity index (χ1) is 11.8. The number of aromatic amines is 1. The Hall–Kier alpha value is -2.25. The van der Waals surface area contributed by atoms with Crippen LogP contribution in [0, 0.1) is 0 Å². The summed E-state index contributed by atoms with van der Waals surface area (Å²) >= 11 is 1.89. The van der Waals surface area contributed by atoms with Crippen molar-refractivity contribution in [2.75, 3.05) is 23.4 Å².